The highest BCUT2D eigenvalue weighted by Gasteiger charge is 2.06. The lowest BCUT2D eigenvalue weighted by atomic mass is 10.1. The first-order valence-corrected chi connectivity index (χ1v) is 7.14. The van der Waals surface area contributed by atoms with Crippen molar-refractivity contribution in [1.82, 2.24) is 9.88 Å². The van der Waals surface area contributed by atoms with Gasteiger partial charge in [0.2, 0.25) is 0 Å². The number of benzene rings is 2. The number of aromatic nitrogens is 1. The van der Waals surface area contributed by atoms with Crippen LogP contribution in [0.25, 0.3) is 10.9 Å². The minimum absolute atomic E-state index is 0.931. The number of para-hydroxylation sites is 1. The molecule has 0 aliphatic heterocycles. The van der Waals surface area contributed by atoms with Crippen LogP contribution in [0, 0.1) is 0 Å². The number of nitrogens with one attached hydrogen (secondary N) is 1. The third-order valence-electron chi connectivity index (χ3n) is 3.71. The van der Waals surface area contributed by atoms with Crippen molar-refractivity contribution >= 4 is 10.9 Å². The summed E-state index contributed by atoms with van der Waals surface area (Å²) in [7, 11) is 2.00. The lowest BCUT2D eigenvalue weighted by molar-refractivity contribution is 0.783. The predicted octanol–water partition coefficient (Wildman–Crippen LogP) is 3.45. The van der Waals surface area contributed by atoms with E-state index in [1.54, 1.807) is 0 Å². The molecule has 0 bridgehead atoms. The van der Waals surface area contributed by atoms with Gasteiger partial charge in [-0.1, -0.05) is 48.5 Å². The summed E-state index contributed by atoms with van der Waals surface area (Å²) in [6.07, 6.45) is 3.26. The van der Waals surface area contributed by atoms with Crippen LogP contribution in [0.1, 0.15) is 11.1 Å². The number of hydrogen-bond donors (Lipinski definition) is 1. The van der Waals surface area contributed by atoms with Crippen LogP contribution in [0.3, 0.4) is 0 Å². The van der Waals surface area contributed by atoms with Crippen LogP contribution in [0.15, 0.2) is 60.8 Å². The summed E-state index contributed by atoms with van der Waals surface area (Å²) in [4.78, 5) is 0. The van der Waals surface area contributed by atoms with E-state index < -0.39 is 0 Å². The maximum absolute atomic E-state index is 3.23. The maximum Gasteiger partial charge on any atom is 0.0516 e. The van der Waals surface area contributed by atoms with E-state index in [-0.39, 0.29) is 0 Å². The Morgan fingerprint density at radius 2 is 1.80 bits per heavy atom. The molecular formula is C18H20N2. The molecule has 2 aromatic carbocycles. The van der Waals surface area contributed by atoms with Gasteiger partial charge >= 0.3 is 0 Å². The number of likely N-dealkylation sites (N-methyl/N-ethyl adjacent to an activating group) is 1. The molecule has 0 fully saturated rings. The van der Waals surface area contributed by atoms with Crippen LogP contribution in [0.2, 0.25) is 0 Å². The molecule has 1 aromatic heterocycles. The quantitative estimate of drug-likeness (QED) is 0.747. The second-order valence-corrected chi connectivity index (χ2v) is 5.14. The highest BCUT2D eigenvalue weighted by atomic mass is 15.0. The molecule has 102 valence electrons. The fourth-order valence-corrected chi connectivity index (χ4v) is 2.71. The Bertz CT molecular complexity index is 683. The van der Waals surface area contributed by atoms with Crippen LogP contribution < -0.4 is 5.32 Å². The van der Waals surface area contributed by atoms with Crippen LogP contribution in [0.4, 0.5) is 0 Å². The SMILES string of the molecule is CNCCc1cccc2ccn(Cc3ccccc3)c12. The molecule has 0 saturated carbocycles. The fourth-order valence-electron chi connectivity index (χ4n) is 2.71. The first-order valence-electron chi connectivity index (χ1n) is 7.14. The average molecular weight is 264 g/mol. The highest BCUT2D eigenvalue weighted by Crippen LogP contribution is 2.22. The third-order valence-corrected chi connectivity index (χ3v) is 3.71. The Morgan fingerprint density at radius 3 is 2.60 bits per heavy atom. The van der Waals surface area contributed by atoms with E-state index in [9.17, 15) is 0 Å². The van der Waals surface area contributed by atoms with E-state index in [4.69, 9.17) is 0 Å². The molecular weight excluding hydrogens is 244 g/mol. The van der Waals surface area contributed by atoms with E-state index in [0.717, 1.165) is 19.5 Å². The molecule has 20 heavy (non-hydrogen) atoms. The summed E-state index contributed by atoms with van der Waals surface area (Å²) in [5.74, 6) is 0. The van der Waals surface area contributed by atoms with Gasteiger partial charge < -0.3 is 9.88 Å². The summed E-state index contributed by atoms with van der Waals surface area (Å²) in [6, 6.07) is 19.4. The van der Waals surface area contributed by atoms with Gasteiger partial charge in [-0.05, 0) is 42.6 Å². The monoisotopic (exact) mass is 264 g/mol. The molecule has 3 rings (SSSR count). The normalized spacial score (nSPS) is 11.1. The van der Waals surface area contributed by atoms with Crippen LogP contribution >= 0.6 is 0 Å². The average Bonchev–Trinajstić information content (AvgIpc) is 2.90. The van der Waals surface area contributed by atoms with E-state index in [2.05, 4.69) is 70.7 Å². The zero-order valence-corrected chi connectivity index (χ0v) is 11.8. The Hall–Kier alpha value is -2.06. The Kier molecular flexibility index (Phi) is 3.84. The van der Waals surface area contributed by atoms with Gasteiger partial charge in [0.15, 0.2) is 0 Å². The molecule has 1 N–H and O–H groups in total. The summed E-state index contributed by atoms with van der Waals surface area (Å²) in [5, 5.41) is 4.56. The molecule has 3 aromatic rings. The van der Waals surface area contributed by atoms with Crippen molar-refractivity contribution in [3.63, 3.8) is 0 Å². The van der Waals surface area contributed by atoms with Gasteiger partial charge in [-0.3, -0.25) is 0 Å². The van der Waals surface area contributed by atoms with Gasteiger partial charge in [-0.2, -0.15) is 0 Å². The molecule has 1 heterocycles. The zero-order chi connectivity index (χ0) is 13.8. The predicted molar refractivity (Wildman–Crippen MR) is 85.1 cm³/mol. The second-order valence-electron chi connectivity index (χ2n) is 5.14. The van der Waals surface area contributed by atoms with Gasteiger partial charge in [0.25, 0.3) is 0 Å². The first kappa shape index (κ1) is 12.9. The van der Waals surface area contributed by atoms with Crippen molar-refractivity contribution < 1.29 is 0 Å². The number of hydrogen-bond acceptors (Lipinski definition) is 1. The van der Waals surface area contributed by atoms with Crippen LogP contribution in [-0.2, 0) is 13.0 Å². The Morgan fingerprint density at radius 1 is 0.950 bits per heavy atom. The van der Waals surface area contributed by atoms with Crippen molar-refractivity contribution in [3.8, 4) is 0 Å². The minimum Gasteiger partial charge on any atom is -0.343 e. The molecule has 0 atom stereocenters. The number of nitrogens with zero attached hydrogens (tertiary/aromatic N) is 1. The van der Waals surface area contributed by atoms with Gasteiger partial charge in [-0.15, -0.1) is 0 Å². The molecule has 0 unspecified atom stereocenters. The van der Waals surface area contributed by atoms with Gasteiger partial charge in [0.05, 0.1) is 5.52 Å². The minimum atomic E-state index is 0.931. The topological polar surface area (TPSA) is 17.0 Å². The molecule has 0 aliphatic rings. The maximum atomic E-state index is 3.23. The van der Waals surface area contributed by atoms with Crippen LogP contribution in [0.5, 0.6) is 0 Å². The molecule has 0 spiro atoms. The molecule has 0 aliphatic carbocycles. The number of fused-ring (bicyclic) bond motifs is 1. The molecule has 2 heteroatoms. The standard InChI is InChI=1S/C18H20N2/c1-19-12-10-16-8-5-9-17-11-13-20(18(16)17)14-15-6-3-2-4-7-15/h2-9,11,13,19H,10,12,14H2,1H3. The highest BCUT2D eigenvalue weighted by molar-refractivity contribution is 5.83. The fraction of sp³-hybridized carbons (Fsp3) is 0.222. The summed E-state index contributed by atoms with van der Waals surface area (Å²) >= 11 is 0. The lowest BCUT2D eigenvalue weighted by Gasteiger charge is -2.10. The van der Waals surface area contributed by atoms with Gasteiger partial charge in [-0.25, -0.2) is 0 Å². The Balaban J connectivity index is 1.98. The smallest absolute Gasteiger partial charge is 0.0516 e. The largest absolute Gasteiger partial charge is 0.343 e. The lowest BCUT2D eigenvalue weighted by Crippen LogP contribution is -2.11. The van der Waals surface area contributed by atoms with E-state index in [1.165, 1.54) is 22.0 Å². The zero-order valence-electron chi connectivity index (χ0n) is 11.8. The van der Waals surface area contributed by atoms with Crippen molar-refractivity contribution in [2.24, 2.45) is 0 Å². The molecule has 2 nitrogen and oxygen atoms in total. The third kappa shape index (κ3) is 2.61. The summed E-state index contributed by atoms with van der Waals surface area (Å²) in [5.41, 5.74) is 4.12. The molecule has 0 saturated heterocycles. The van der Waals surface area contributed by atoms with Crippen LogP contribution in [-0.4, -0.2) is 18.2 Å². The summed E-state index contributed by atoms with van der Waals surface area (Å²) in [6.45, 7) is 1.94. The van der Waals surface area contributed by atoms with E-state index in [1.807, 2.05) is 7.05 Å². The number of rotatable bonds is 5. The van der Waals surface area contributed by atoms with Crippen molar-refractivity contribution in [2.75, 3.05) is 13.6 Å². The van der Waals surface area contributed by atoms with Gasteiger partial charge in [0, 0.05) is 12.7 Å². The van der Waals surface area contributed by atoms with Gasteiger partial charge in [0.1, 0.15) is 0 Å². The van der Waals surface area contributed by atoms with E-state index in [0.29, 0.717) is 0 Å². The van der Waals surface area contributed by atoms with E-state index >= 15 is 0 Å². The van der Waals surface area contributed by atoms with Crippen molar-refractivity contribution in [1.29, 1.82) is 0 Å². The second kappa shape index (κ2) is 5.93. The van der Waals surface area contributed by atoms with Crippen molar-refractivity contribution in [3.05, 3.63) is 71.9 Å². The molecule has 0 radical (unpaired) electrons. The van der Waals surface area contributed by atoms with Crippen molar-refractivity contribution in [2.45, 2.75) is 13.0 Å². The Labute approximate surface area is 120 Å². The first-order chi connectivity index (χ1) is 9.88. The summed E-state index contributed by atoms with van der Waals surface area (Å²) < 4.78 is 2.36. The molecule has 0 amide bonds.